The van der Waals surface area contributed by atoms with E-state index in [1.807, 2.05) is 12.3 Å². The van der Waals surface area contributed by atoms with Crippen LogP contribution in [0.5, 0.6) is 0 Å². The quantitative estimate of drug-likeness (QED) is 0.677. The first kappa shape index (κ1) is 17.1. The van der Waals surface area contributed by atoms with Gasteiger partial charge in [0.2, 0.25) is 0 Å². The van der Waals surface area contributed by atoms with E-state index in [1.165, 1.54) is 12.8 Å². The lowest BCUT2D eigenvalue weighted by Crippen LogP contribution is -2.37. The van der Waals surface area contributed by atoms with Crippen molar-refractivity contribution < 1.29 is 0 Å². The predicted octanol–water partition coefficient (Wildman–Crippen LogP) is 2.01. The first-order valence-electron chi connectivity index (χ1n) is 9.89. The van der Waals surface area contributed by atoms with E-state index in [-0.39, 0.29) is 5.56 Å². The molecular weight excluding hydrogens is 354 g/mol. The normalized spacial score (nSPS) is 17.8. The average molecular weight is 377 g/mol. The van der Waals surface area contributed by atoms with Crippen LogP contribution in [0.4, 0.5) is 5.82 Å². The first-order valence-corrected chi connectivity index (χ1v) is 9.89. The van der Waals surface area contributed by atoms with Gasteiger partial charge in [0.25, 0.3) is 5.56 Å². The summed E-state index contributed by atoms with van der Waals surface area (Å²) in [6.07, 6.45) is 13.2. The first-order chi connectivity index (χ1) is 13.8. The number of aromatic nitrogens is 6. The van der Waals surface area contributed by atoms with Crippen LogP contribution in [-0.4, -0.2) is 42.4 Å². The Kier molecular flexibility index (Phi) is 4.38. The topological polar surface area (TPSA) is 81.7 Å². The number of nitrogens with zero attached hydrogens (tertiary/aromatic N) is 7. The molecule has 0 unspecified atom stereocenters. The summed E-state index contributed by atoms with van der Waals surface area (Å²) in [6, 6.07) is 3.59. The Morgan fingerprint density at radius 3 is 2.61 bits per heavy atom. The van der Waals surface area contributed by atoms with Crippen molar-refractivity contribution >= 4 is 5.82 Å². The summed E-state index contributed by atoms with van der Waals surface area (Å²) in [7, 11) is 0. The molecule has 1 aliphatic carbocycles. The molecule has 0 aromatic carbocycles. The van der Waals surface area contributed by atoms with Crippen molar-refractivity contribution in [2.45, 2.75) is 38.1 Å². The molecule has 2 aliphatic rings. The number of piperidine rings is 1. The third-order valence-electron chi connectivity index (χ3n) is 5.64. The van der Waals surface area contributed by atoms with Crippen molar-refractivity contribution in [3.63, 3.8) is 0 Å². The summed E-state index contributed by atoms with van der Waals surface area (Å²) < 4.78 is 3.48. The van der Waals surface area contributed by atoms with Gasteiger partial charge in [0.1, 0.15) is 5.82 Å². The molecule has 8 heteroatoms. The Balaban J connectivity index is 1.22. The summed E-state index contributed by atoms with van der Waals surface area (Å²) in [5.41, 5.74) is 1.05. The van der Waals surface area contributed by atoms with Crippen LogP contribution in [0.2, 0.25) is 0 Å². The van der Waals surface area contributed by atoms with Crippen molar-refractivity contribution in [1.82, 2.24) is 29.3 Å². The molecule has 2 fully saturated rings. The van der Waals surface area contributed by atoms with Crippen LogP contribution in [0.3, 0.4) is 0 Å². The van der Waals surface area contributed by atoms with Crippen molar-refractivity contribution in [1.29, 1.82) is 0 Å². The van der Waals surface area contributed by atoms with Gasteiger partial charge in [-0.15, -0.1) is 0 Å². The lowest BCUT2D eigenvalue weighted by atomic mass is 9.96. The fraction of sp³-hybridized carbons (Fsp3) is 0.450. The SMILES string of the molecule is O=c1cc(C2CC2)ncn1CC1CCN(c2cncc(-n3cccn3)n2)CC1. The van der Waals surface area contributed by atoms with Crippen LogP contribution in [0.25, 0.3) is 5.82 Å². The monoisotopic (exact) mass is 377 g/mol. The molecule has 8 nitrogen and oxygen atoms in total. The van der Waals surface area contributed by atoms with Gasteiger partial charge in [-0.3, -0.25) is 14.3 Å². The van der Waals surface area contributed by atoms with Gasteiger partial charge in [0.05, 0.1) is 24.4 Å². The fourth-order valence-corrected chi connectivity index (χ4v) is 3.82. The van der Waals surface area contributed by atoms with E-state index in [0.29, 0.717) is 11.8 Å². The summed E-state index contributed by atoms with van der Waals surface area (Å²) in [5, 5.41) is 4.22. The highest BCUT2D eigenvalue weighted by molar-refractivity contribution is 5.39. The largest absolute Gasteiger partial charge is 0.355 e. The van der Waals surface area contributed by atoms with E-state index in [1.54, 1.807) is 40.2 Å². The summed E-state index contributed by atoms with van der Waals surface area (Å²) >= 11 is 0. The van der Waals surface area contributed by atoms with Crippen LogP contribution >= 0.6 is 0 Å². The molecule has 0 spiro atoms. The van der Waals surface area contributed by atoms with E-state index >= 15 is 0 Å². The molecule has 3 aromatic heterocycles. The third-order valence-corrected chi connectivity index (χ3v) is 5.64. The standard InChI is InChI=1S/C20H23N7O/c28-20-10-17(16-2-3-16)22-14-26(20)13-15-4-8-25(9-5-15)18-11-21-12-19(24-18)27-7-1-6-23-27/h1,6-7,10-12,14-16H,2-5,8-9,13H2. The zero-order valence-electron chi connectivity index (χ0n) is 15.7. The Hall–Kier alpha value is -3.03. The molecule has 0 bridgehead atoms. The van der Waals surface area contributed by atoms with Gasteiger partial charge < -0.3 is 4.90 Å². The van der Waals surface area contributed by atoms with Crippen molar-refractivity contribution in [3.8, 4) is 5.82 Å². The Labute approximate surface area is 162 Å². The lowest BCUT2D eigenvalue weighted by Gasteiger charge is -2.32. The van der Waals surface area contributed by atoms with Gasteiger partial charge in [-0.25, -0.2) is 14.6 Å². The molecule has 1 saturated carbocycles. The van der Waals surface area contributed by atoms with E-state index in [9.17, 15) is 4.79 Å². The minimum Gasteiger partial charge on any atom is -0.355 e. The second-order valence-corrected chi connectivity index (χ2v) is 7.70. The van der Waals surface area contributed by atoms with Gasteiger partial charge >= 0.3 is 0 Å². The summed E-state index contributed by atoms with van der Waals surface area (Å²) in [5.74, 6) is 2.59. The van der Waals surface area contributed by atoms with E-state index in [4.69, 9.17) is 4.98 Å². The summed E-state index contributed by atoms with van der Waals surface area (Å²) in [4.78, 5) is 28.1. The lowest BCUT2D eigenvalue weighted by molar-refractivity contribution is 0.349. The van der Waals surface area contributed by atoms with Crippen molar-refractivity contribution in [2.24, 2.45) is 5.92 Å². The van der Waals surface area contributed by atoms with E-state index in [0.717, 1.165) is 49.8 Å². The second-order valence-electron chi connectivity index (χ2n) is 7.70. The van der Waals surface area contributed by atoms with Gasteiger partial charge in [0.15, 0.2) is 5.82 Å². The zero-order valence-corrected chi connectivity index (χ0v) is 15.7. The van der Waals surface area contributed by atoms with Gasteiger partial charge in [-0.05, 0) is 37.7 Å². The highest BCUT2D eigenvalue weighted by Crippen LogP contribution is 2.38. The highest BCUT2D eigenvalue weighted by Gasteiger charge is 2.26. The fourth-order valence-electron chi connectivity index (χ4n) is 3.82. The zero-order chi connectivity index (χ0) is 18.9. The maximum absolute atomic E-state index is 12.4. The van der Waals surface area contributed by atoms with Crippen LogP contribution in [-0.2, 0) is 6.54 Å². The minimum absolute atomic E-state index is 0.0807. The average Bonchev–Trinajstić information content (AvgIpc) is 3.44. The number of hydrogen-bond acceptors (Lipinski definition) is 6. The Morgan fingerprint density at radius 2 is 1.89 bits per heavy atom. The molecule has 0 N–H and O–H groups in total. The molecule has 5 rings (SSSR count). The molecule has 1 saturated heterocycles. The molecule has 0 atom stereocenters. The third kappa shape index (κ3) is 3.54. The van der Waals surface area contributed by atoms with Crippen LogP contribution < -0.4 is 10.5 Å². The van der Waals surface area contributed by atoms with Gasteiger partial charge in [-0.2, -0.15) is 5.10 Å². The Morgan fingerprint density at radius 1 is 1.07 bits per heavy atom. The van der Waals surface area contributed by atoms with Gasteiger partial charge in [0, 0.05) is 44.0 Å². The smallest absolute Gasteiger partial charge is 0.253 e. The molecule has 28 heavy (non-hydrogen) atoms. The van der Waals surface area contributed by atoms with Gasteiger partial charge in [-0.1, -0.05) is 0 Å². The molecule has 0 amide bonds. The molecule has 3 aromatic rings. The van der Waals surface area contributed by atoms with Crippen LogP contribution in [0, 0.1) is 5.92 Å². The molecule has 1 aliphatic heterocycles. The maximum Gasteiger partial charge on any atom is 0.253 e. The molecule has 4 heterocycles. The molecule has 0 radical (unpaired) electrons. The number of anilines is 1. The number of hydrogen-bond donors (Lipinski definition) is 0. The predicted molar refractivity (Wildman–Crippen MR) is 105 cm³/mol. The Bertz CT molecular complexity index is 1000. The van der Waals surface area contributed by atoms with Crippen LogP contribution in [0.15, 0.2) is 48.0 Å². The molecule has 144 valence electrons. The van der Waals surface area contributed by atoms with E-state index < -0.39 is 0 Å². The second kappa shape index (κ2) is 7.18. The highest BCUT2D eigenvalue weighted by atomic mass is 16.1. The number of rotatable bonds is 5. The molecular formula is C20H23N7O. The van der Waals surface area contributed by atoms with Crippen molar-refractivity contribution in [3.05, 3.63) is 59.3 Å². The minimum atomic E-state index is 0.0807. The maximum atomic E-state index is 12.4. The van der Waals surface area contributed by atoms with Crippen LogP contribution in [0.1, 0.15) is 37.3 Å². The summed E-state index contributed by atoms with van der Waals surface area (Å²) in [6.45, 7) is 2.55. The van der Waals surface area contributed by atoms with E-state index in [2.05, 4.69) is 20.0 Å². The van der Waals surface area contributed by atoms with Crippen molar-refractivity contribution in [2.75, 3.05) is 18.0 Å².